The number of hydrogen-bond acceptors (Lipinski definition) is 4. The third-order valence-electron chi connectivity index (χ3n) is 3.02. The van der Waals surface area contributed by atoms with Crippen molar-refractivity contribution in [1.29, 1.82) is 0 Å². The molecule has 1 heterocycles. The molecule has 1 aromatic carbocycles. The summed E-state index contributed by atoms with van der Waals surface area (Å²) in [5, 5.41) is 10.5. The Hall–Kier alpha value is -1.39. The number of rotatable bonds is 6. The molecule has 2 rings (SSSR count). The fourth-order valence-electron chi connectivity index (χ4n) is 2.06. The van der Waals surface area contributed by atoms with Crippen LogP contribution in [0.25, 0.3) is 11.3 Å². The predicted molar refractivity (Wildman–Crippen MR) is 81.7 cm³/mol. The van der Waals surface area contributed by atoms with Crippen molar-refractivity contribution in [3.05, 3.63) is 35.2 Å². The maximum atomic E-state index is 9.53. The van der Waals surface area contributed by atoms with Gasteiger partial charge in [0, 0.05) is 18.7 Å². The number of anilines is 1. The van der Waals surface area contributed by atoms with Crippen molar-refractivity contribution in [2.45, 2.75) is 26.9 Å². The normalized spacial score (nSPS) is 10.7. The molecule has 0 aliphatic heterocycles. The van der Waals surface area contributed by atoms with Gasteiger partial charge in [-0.05, 0) is 13.3 Å². The Balaban J connectivity index is 2.37. The summed E-state index contributed by atoms with van der Waals surface area (Å²) in [6, 6.07) is 10.1. The number of hydrogen-bond donors (Lipinski definition) is 1. The quantitative estimate of drug-likeness (QED) is 0.876. The lowest BCUT2D eigenvalue weighted by atomic mass is 10.1. The van der Waals surface area contributed by atoms with Gasteiger partial charge in [-0.1, -0.05) is 48.6 Å². The van der Waals surface area contributed by atoms with Crippen LogP contribution in [-0.4, -0.2) is 23.2 Å². The first kappa shape index (κ1) is 14.0. The van der Waals surface area contributed by atoms with Crippen LogP contribution < -0.4 is 4.90 Å². The third kappa shape index (κ3) is 3.14. The first-order valence-electron chi connectivity index (χ1n) is 6.71. The van der Waals surface area contributed by atoms with Crippen molar-refractivity contribution >= 4 is 16.5 Å². The highest BCUT2D eigenvalue weighted by Crippen LogP contribution is 2.33. The number of aliphatic hydroxyl groups excluding tert-OH is 1. The second kappa shape index (κ2) is 6.68. The van der Waals surface area contributed by atoms with Gasteiger partial charge in [0.2, 0.25) is 0 Å². The highest BCUT2D eigenvalue weighted by Gasteiger charge is 2.15. The zero-order valence-corrected chi connectivity index (χ0v) is 12.3. The summed E-state index contributed by atoms with van der Waals surface area (Å²) in [7, 11) is 0. The van der Waals surface area contributed by atoms with Crippen LogP contribution in [0.15, 0.2) is 30.3 Å². The molecule has 2 aromatic rings. The largest absolute Gasteiger partial charge is 0.391 e. The van der Waals surface area contributed by atoms with E-state index in [4.69, 9.17) is 4.98 Å². The molecule has 0 fully saturated rings. The fourth-order valence-corrected chi connectivity index (χ4v) is 3.09. The standard InChI is InChI=1S/C15H20N2OS/c1-3-10-17(4-2)15-16-14(13(11-18)19-15)12-8-6-5-7-9-12/h5-9,18H,3-4,10-11H2,1-2H3. The van der Waals surface area contributed by atoms with Gasteiger partial charge >= 0.3 is 0 Å². The number of aliphatic hydroxyl groups is 1. The average molecular weight is 276 g/mol. The summed E-state index contributed by atoms with van der Waals surface area (Å²) >= 11 is 1.59. The lowest BCUT2D eigenvalue weighted by Crippen LogP contribution is -2.23. The fraction of sp³-hybridized carbons (Fsp3) is 0.400. The van der Waals surface area contributed by atoms with E-state index in [1.54, 1.807) is 11.3 Å². The van der Waals surface area contributed by atoms with Crippen LogP contribution in [0.1, 0.15) is 25.1 Å². The summed E-state index contributed by atoms with van der Waals surface area (Å²) in [4.78, 5) is 7.93. The van der Waals surface area contributed by atoms with Gasteiger partial charge in [0.1, 0.15) is 0 Å². The van der Waals surface area contributed by atoms with Crippen LogP contribution in [-0.2, 0) is 6.61 Å². The highest BCUT2D eigenvalue weighted by atomic mass is 32.1. The van der Waals surface area contributed by atoms with Gasteiger partial charge in [-0.3, -0.25) is 0 Å². The number of nitrogens with zero attached hydrogens (tertiary/aromatic N) is 2. The predicted octanol–water partition coefficient (Wildman–Crippen LogP) is 3.54. The minimum Gasteiger partial charge on any atom is -0.391 e. The Morgan fingerprint density at radius 1 is 1.21 bits per heavy atom. The number of thiazole rings is 1. The Morgan fingerprint density at radius 2 is 1.95 bits per heavy atom. The van der Waals surface area contributed by atoms with Gasteiger partial charge in [-0.2, -0.15) is 0 Å². The molecule has 3 nitrogen and oxygen atoms in total. The molecular weight excluding hydrogens is 256 g/mol. The average Bonchev–Trinajstić information content (AvgIpc) is 2.89. The molecule has 102 valence electrons. The Kier molecular flexibility index (Phi) is 4.93. The SMILES string of the molecule is CCCN(CC)c1nc(-c2ccccc2)c(CO)s1. The lowest BCUT2D eigenvalue weighted by Gasteiger charge is -2.18. The Morgan fingerprint density at radius 3 is 2.53 bits per heavy atom. The van der Waals surface area contributed by atoms with E-state index in [0.717, 1.165) is 40.8 Å². The van der Waals surface area contributed by atoms with Crippen LogP contribution in [0.2, 0.25) is 0 Å². The van der Waals surface area contributed by atoms with Crippen LogP contribution in [0.5, 0.6) is 0 Å². The molecule has 19 heavy (non-hydrogen) atoms. The second-order valence-electron chi connectivity index (χ2n) is 4.37. The van der Waals surface area contributed by atoms with Crippen LogP contribution in [0.3, 0.4) is 0 Å². The highest BCUT2D eigenvalue weighted by molar-refractivity contribution is 7.16. The van der Waals surface area contributed by atoms with E-state index in [1.165, 1.54) is 0 Å². The molecule has 0 amide bonds. The molecular formula is C15H20N2OS. The number of aromatic nitrogens is 1. The molecule has 0 unspecified atom stereocenters. The van der Waals surface area contributed by atoms with Crippen molar-refractivity contribution in [1.82, 2.24) is 4.98 Å². The summed E-state index contributed by atoms with van der Waals surface area (Å²) in [5.41, 5.74) is 1.99. The van der Waals surface area contributed by atoms with Crippen molar-refractivity contribution in [2.24, 2.45) is 0 Å². The minimum absolute atomic E-state index is 0.0472. The molecule has 0 bridgehead atoms. The van der Waals surface area contributed by atoms with Crippen LogP contribution in [0.4, 0.5) is 5.13 Å². The lowest BCUT2D eigenvalue weighted by molar-refractivity contribution is 0.286. The van der Waals surface area contributed by atoms with Gasteiger partial charge in [0.25, 0.3) is 0 Å². The van der Waals surface area contributed by atoms with E-state index in [2.05, 4.69) is 18.7 Å². The van der Waals surface area contributed by atoms with Gasteiger partial charge in [0.05, 0.1) is 17.2 Å². The summed E-state index contributed by atoms with van der Waals surface area (Å²) < 4.78 is 0. The first-order valence-corrected chi connectivity index (χ1v) is 7.52. The first-order chi connectivity index (χ1) is 9.30. The van der Waals surface area contributed by atoms with E-state index < -0.39 is 0 Å². The van der Waals surface area contributed by atoms with Crippen molar-refractivity contribution in [3.63, 3.8) is 0 Å². The molecule has 1 aromatic heterocycles. The van der Waals surface area contributed by atoms with Gasteiger partial charge in [0.15, 0.2) is 5.13 Å². The van der Waals surface area contributed by atoms with Crippen molar-refractivity contribution < 1.29 is 5.11 Å². The van der Waals surface area contributed by atoms with E-state index >= 15 is 0 Å². The van der Waals surface area contributed by atoms with Gasteiger partial charge in [-0.25, -0.2) is 4.98 Å². The maximum absolute atomic E-state index is 9.53. The molecule has 0 aliphatic rings. The van der Waals surface area contributed by atoms with E-state index in [-0.39, 0.29) is 6.61 Å². The summed E-state index contributed by atoms with van der Waals surface area (Å²) in [6.45, 7) is 6.30. The van der Waals surface area contributed by atoms with Crippen molar-refractivity contribution in [3.8, 4) is 11.3 Å². The summed E-state index contributed by atoms with van der Waals surface area (Å²) in [5.74, 6) is 0. The van der Waals surface area contributed by atoms with Gasteiger partial charge < -0.3 is 10.0 Å². The Bertz CT molecular complexity index is 510. The molecule has 0 radical (unpaired) electrons. The molecule has 0 atom stereocenters. The third-order valence-corrected chi connectivity index (χ3v) is 4.12. The summed E-state index contributed by atoms with van der Waals surface area (Å²) in [6.07, 6.45) is 1.10. The van der Waals surface area contributed by atoms with E-state index in [0.29, 0.717) is 0 Å². The molecule has 0 spiro atoms. The molecule has 0 aliphatic carbocycles. The number of benzene rings is 1. The molecule has 4 heteroatoms. The van der Waals surface area contributed by atoms with Crippen LogP contribution >= 0.6 is 11.3 Å². The van der Waals surface area contributed by atoms with Gasteiger partial charge in [-0.15, -0.1) is 0 Å². The second-order valence-corrected chi connectivity index (χ2v) is 5.43. The van der Waals surface area contributed by atoms with Crippen molar-refractivity contribution in [2.75, 3.05) is 18.0 Å². The topological polar surface area (TPSA) is 36.4 Å². The zero-order chi connectivity index (χ0) is 13.7. The molecule has 0 saturated heterocycles. The maximum Gasteiger partial charge on any atom is 0.186 e. The Labute approximate surface area is 118 Å². The van der Waals surface area contributed by atoms with E-state index in [1.807, 2.05) is 30.3 Å². The molecule has 1 N–H and O–H groups in total. The monoisotopic (exact) mass is 276 g/mol. The minimum atomic E-state index is 0.0472. The molecule has 0 saturated carbocycles. The zero-order valence-electron chi connectivity index (χ0n) is 11.5. The van der Waals surface area contributed by atoms with E-state index in [9.17, 15) is 5.11 Å². The smallest absolute Gasteiger partial charge is 0.186 e. The van der Waals surface area contributed by atoms with Crippen LogP contribution in [0, 0.1) is 0 Å².